The Morgan fingerprint density at radius 1 is 1.33 bits per heavy atom. The van der Waals surface area contributed by atoms with Crippen molar-refractivity contribution >= 4 is 5.91 Å². The Kier molecular flexibility index (Phi) is 7.47. The van der Waals surface area contributed by atoms with E-state index in [4.69, 9.17) is 4.74 Å². The van der Waals surface area contributed by atoms with Gasteiger partial charge in [0.2, 0.25) is 5.91 Å². The third-order valence-electron chi connectivity index (χ3n) is 4.85. The van der Waals surface area contributed by atoms with Crippen LogP contribution in [0, 0.1) is 5.92 Å². The van der Waals surface area contributed by atoms with Crippen LogP contribution in [0.5, 0.6) is 0 Å². The number of methoxy groups -OCH3 is 1. The molecule has 0 spiro atoms. The van der Waals surface area contributed by atoms with Gasteiger partial charge >= 0.3 is 0 Å². The maximum Gasteiger partial charge on any atom is 0.220 e. The van der Waals surface area contributed by atoms with Crippen LogP contribution in [-0.2, 0) is 9.53 Å². The van der Waals surface area contributed by atoms with Gasteiger partial charge in [0.25, 0.3) is 0 Å². The molecule has 0 aromatic heterocycles. The number of hydrogen-bond acceptors (Lipinski definition) is 4. The number of carbonyl (C=O) groups excluding carboxylic acids is 1. The lowest BCUT2D eigenvalue weighted by Gasteiger charge is -2.25. The maximum atomic E-state index is 12.0. The molecule has 0 bridgehead atoms. The summed E-state index contributed by atoms with van der Waals surface area (Å²) in [4.78, 5) is 14.4. The summed E-state index contributed by atoms with van der Waals surface area (Å²) >= 11 is 0. The van der Waals surface area contributed by atoms with Gasteiger partial charge in [0, 0.05) is 32.7 Å². The molecule has 0 aliphatic carbocycles. The number of hydrogen-bond donors (Lipinski definition) is 2. The molecule has 2 saturated heterocycles. The first-order valence-corrected chi connectivity index (χ1v) is 8.50. The summed E-state index contributed by atoms with van der Waals surface area (Å²) in [6, 6.07) is 0.503. The van der Waals surface area contributed by atoms with E-state index in [0.29, 0.717) is 12.5 Å². The molecule has 2 fully saturated rings. The smallest absolute Gasteiger partial charge is 0.220 e. The molecule has 122 valence electrons. The molecule has 2 aliphatic heterocycles. The average molecular weight is 297 g/mol. The maximum absolute atomic E-state index is 12.0. The largest absolute Gasteiger partial charge is 0.383 e. The number of ether oxygens (including phenoxy) is 1. The van der Waals surface area contributed by atoms with Gasteiger partial charge in [0.15, 0.2) is 0 Å². The number of carbonyl (C=O) groups is 1. The van der Waals surface area contributed by atoms with Gasteiger partial charge in [-0.2, -0.15) is 0 Å². The zero-order chi connectivity index (χ0) is 14.9. The second-order valence-electron chi connectivity index (χ2n) is 6.36. The van der Waals surface area contributed by atoms with Gasteiger partial charge in [-0.05, 0) is 57.7 Å². The second-order valence-corrected chi connectivity index (χ2v) is 6.36. The number of nitrogens with one attached hydrogen (secondary N) is 2. The van der Waals surface area contributed by atoms with Crippen LogP contribution in [0.25, 0.3) is 0 Å². The first kappa shape index (κ1) is 16.7. The monoisotopic (exact) mass is 297 g/mol. The number of rotatable bonds is 8. The zero-order valence-electron chi connectivity index (χ0n) is 13.4. The highest BCUT2D eigenvalue weighted by molar-refractivity contribution is 5.75. The second kappa shape index (κ2) is 9.38. The molecule has 1 amide bonds. The van der Waals surface area contributed by atoms with Gasteiger partial charge in [0.05, 0.1) is 6.61 Å². The van der Waals surface area contributed by atoms with Crippen molar-refractivity contribution < 1.29 is 9.53 Å². The zero-order valence-corrected chi connectivity index (χ0v) is 13.4. The highest BCUT2D eigenvalue weighted by atomic mass is 16.5. The number of amides is 1. The van der Waals surface area contributed by atoms with Crippen LogP contribution in [0.1, 0.15) is 38.5 Å². The standard InChI is InChI=1S/C16H31N3O2/c1-21-12-11-19-10-2-3-15(19)13-18-16(20)5-4-14-6-8-17-9-7-14/h14-15,17H,2-13H2,1H3,(H,18,20). The lowest BCUT2D eigenvalue weighted by atomic mass is 9.93. The summed E-state index contributed by atoms with van der Waals surface area (Å²) in [7, 11) is 1.74. The molecule has 2 rings (SSSR count). The molecular formula is C16H31N3O2. The Morgan fingerprint density at radius 3 is 2.90 bits per heavy atom. The topological polar surface area (TPSA) is 53.6 Å². The summed E-state index contributed by atoms with van der Waals surface area (Å²) in [6.45, 7) is 5.92. The molecular weight excluding hydrogens is 266 g/mol. The van der Waals surface area contributed by atoms with Gasteiger partial charge < -0.3 is 15.4 Å². The van der Waals surface area contributed by atoms with Crippen molar-refractivity contribution in [1.29, 1.82) is 0 Å². The van der Waals surface area contributed by atoms with E-state index in [1.165, 1.54) is 25.7 Å². The molecule has 5 heteroatoms. The third kappa shape index (κ3) is 5.93. The number of nitrogens with zero attached hydrogens (tertiary/aromatic N) is 1. The Balaban J connectivity index is 1.59. The average Bonchev–Trinajstić information content (AvgIpc) is 2.97. The van der Waals surface area contributed by atoms with E-state index in [9.17, 15) is 4.79 Å². The molecule has 21 heavy (non-hydrogen) atoms. The SMILES string of the molecule is COCCN1CCCC1CNC(=O)CCC1CCNCC1. The Bertz CT molecular complexity index is 306. The summed E-state index contributed by atoms with van der Waals surface area (Å²) in [5.74, 6) is 0.966. The minimum absolute atomic E-state index is 0.229. The van der Waals surface area contributed by atoms with Crippen LogP contribution >= 0.6 is 0 Å². The van der Waals surface area contributed by atoms with Crippen molar-refractivity contribution in [2.75, 3.05) is 46.4 Å². The first-order valence-electron chi connectivity index (χ1n) is 8.50. The van der Waals surface area contributed by atoms with E-state index in [-0.39, 0.29) is 5.91 Å². The van der Waals surface area contributed by atoms with Crippen molar-refractivity contribution in [2.24, 2.45) is 5.92 Å². The van der Waals surface area contributed by atoms with E-state index in [0.717, 1.165) is 51.7 Å². The third-order valence-corrected chi connectivity index (χ3v) is 4.85. The van der Waals surface area contributed by atoms with Crippen molar-refractivity contribution in [3.05, 3.63) is 0 Å². The summed E-state index contributed by atoms with van der Waals surface area (Å²) in [5, 5.41) is 6.50. The first-order chi connectivity index (χ1) is 10.3. The van der Waals surface area contributed by atoms with E-state index >= 15 is 0 Å². The van der Waals surface area contributed by atoms with Gasteiger partial charge in [-0.25, -0.2) is 0 Å². The fourth-order valence-corrected chi connectivity index (χ4v) is 3.45. The highest BCUT2D eigenvalue weighted by Crippen LogP contribution is 2.18. The molecule has 5 nitrogen and oxygen atoms in total. The Labute approximate surface area is 128 Å². The molecule has 0 saturated carbocycles. The van der Waals surface area contributed by atoms with E-state index < -0.39 is 0 Å². The van der Waals surface area contributed by atoms with Gasteiger partial charge in [-0.1, -0.05) is 0 Å². The van der Waals surface area contributed by atoms with E-state index in [1.54, 1.807) is 7.11 Å². The lowest BCUT2D eigenvalue weighted by molar-refractivity contribution is -0.121. The molecule has 2 heterocycles. The molecule has 0 radical (unpaired) electrons. The molecule has 2 N–H and O–H groups in total. The molecule has 1 atom stereocenters. The predicted molar refractivity (Wildman–Crippen MR) is 84.3 cm³/mol. The van der Waals surface area contributed by atoms with Gasteiger partial charge in [-0.3, -0.25) is 9.69 Å². The van der Waals surface area contributed by atoms with Crippen LogP contribution in [-0.4, -0.2) is 63.3 Å². The van der Waals surface area contributed by atoms with Crippen molar-refractivity contribution in [1.82, 2.24) is 15.5 Å². The molecule has 0 aromatic rings. The molecule has 2 aliphatic rings. The lowest BCUT2D eigenvalue weighted by Crippen LogP contribution is -2.41. The Morgan fingerprint density at radius 2 is 2.14 bits per heavy atom. The minimum atomic E-state index is 0.229. The highest BCUT2D eigenvalue weighted by Gasteiger charge is 2.24. The van der Waals surface area contributed by atoms with Crippen LogP contribution in [0.2, 0.25) is 0 Å². The van der Waals surface area contributed by atoms with E-state index in [1.807, 2.05) is 0 Å². The fourth-order valence-electron chi connectivity index (χ4n) is 3.45. The van der Waals surface area contributed by atoms with Crippen LogP contribution in [0.4, 0.5) is 0 Å². The number of piperidine rings is 1. The van der Waals surface area contributed by atoms with Crippen molar-refractivity contribution in [3.8, 4) is 0 Å². The van der Waals surface area contributed by atoms with E-state index in [2.05, 4.69) is 15.5 Å². The fraction of sp³-hybridized carbons (Fsp3) is 0.938. The van der Waals surface area contributed by atoms with Crippen molar-refractivity contribution in [2.45, 2.75) is 44.6 Å². The van der Waals surface area contributed by atoms with Crippen LogP contribution < -0.4 is 10.6 Å². The summed E-state index contributed by atoms with van der Waals surface area (Å²) in [5.41, 5.74) is 0. The normalized spacial score (nSPS) is 24.3. The summed E-state index contributed by atoms with van der Waals surface area (Å²) < 4.78 is 5.15. The van der Waals surface area contributed by atoms with Gasteiger partial charge in [-0.15, -0.1) is 0 Å². The van der Waals surface area contributed by atoms with Gasteiger partial charge in [0.1, 0.15) is 0 Å². The van der Waals surface area contributed by atoms with Crippen molar-refractivity contribution in [3.63, 3.8) is 0 Å². The minimum Gasteiger partial charge on any atom is -0.383 e. The van der Waals surface area contributed by atoms with Crippen LogP contribution in [0.15, 0.2) is 0 Å². The summed E-state index contributed by atoms with van der Waals surface area (Å²) in [6.07, 6.45) is 6.61. The van der Waals surface area contributed by atoms with Crippen LogP contribution in [0.3, 0.4) is 0 Å². The molecule has 1 unspecified atom stereocenters. The Hall–Kier alpha value is -0.650. The quantitative estimate of drug-likeness (QED) is 0.702. The number of likely N-dealkylation sites (tertiary alicyclic amines) is 1. The predicted octanol–water partition coefficient (Wildman–Crippen LogP) is 0.993. The molecule has 0 aromatic carbocycles.